The number of nitrogens with one attached hydrogen (secondary N) is 1. The molecule has 0 aliphatic carbocycles. The Morgan fingerprint density at radius 2 is 1.75 bits per heavy atom. The van der Waals surface area contributed by atoms with Crippen LogP contribution in [0, 0.1) is 23.2 Å². The van der Waals surface area contributed by atoms with Gasteiger partial charge in [-0.2, -0.15) is 5.26 Å². The number of hydrogen-bond donors (Lipinski definition) is 2. The minimum Gasteiger partial charge on any atom is -0.381 e. The van der Waals surface area contributed by atoms with Gasteiger partial charge in [0, 0.05) is 23.9 Å². The van der Waals surface area contributed by atoms with Crippen molar-refractivity contribution in [3.8, 4) is 6.07 Å². The van der Waals surface area contributed by atoms with E-state index in [2.05, 4.69) is 26.4 Å². The summed E-state index contributed by atoms with van der Waals surface area (Å²) in [5.74, 6) is 0.638. The molecule has 0 bridgehead atoms. The number of halogens is 1. The SMILES string of the molecule is CC(C#N)c1cnc2c(C(=O)NC3C[N+]4(CCCCCCCCCC4)CC(F)C3N3CCC(C4COC4)CC3)c(N)nn2c1. The molecule has 4 atom stereocenters. The number of rotatable bonds is 5. The van der Waals surface area contributed by atoms with Crippen LogP contribution in [0.25, 0.3) is 5.65 Å². The van der Waals surface area contributed by atoms with Gasteiger partial charge in [-0.25, -0.2) is 13.9 Å². The highest BCUT2D eigenvalue weighted by Crippen LogP contribution is 2.35. The molecule has 2 aromatic heterocycles. The first-order valence-electron chi connectivity index (χ1n) is 17.0. The molecule has 0 radical (unpaired) electrons. The van der Waals surface area contributed by atoms with Crippen molar-refractivity contribution in [3.63, 3.8) is 0 Å². The Kier molecular flexibility index (Phi) is 9.69. The number of quaternary nitrogens is 1. The Balaban J connectivity index is 1.26. The summed E-state index contributed by atoms with van der Waals surface area (Å²) in [5, 5.41) is 17.0. The Hall–Kier alpha value is -2.81. The van der Waals surface area contributed by atoms with Gasteiger partial charge in [-0.1, -0.05) is 25.7 Å². The molecule has 44 heavy (non-hydrogen) atoms. The molecule has 6 heterocycles. The smallest absolute Gasteiger partial charge is 0.259 e. The van der Waals surface area contributed by atoms with Crippen LogP contribution in [0.15, 0.2) is 12.4 Å². The number of nitrogens with two attached hydrogens (primary N) is 1. The summed E-state index contributed by atoms with van der Waals surface area (Å²) in [7, 11) is 0. The maximum atomic E-state index is 16.7. The quantitative estimate of drug-likeness (QED) is 0.491. The predicted octanol–water partition coefficient (Wildman–Crippen LogP) is 4.07. The molecular weight excluding hydrogens is 559 g/mol. The highest BCUT2D eigenvalue weighted by atomic mass is 19.1. The summed E-state index contributed by atoms with van der Waals surface area (Å²) in [6, 6.07) is 1.48. The van der Waals surface area contributed by atoms with Crippen LogP contribution in [0.2, 0.25) is 0 Å². The fourth-order valence-corrected chi connectivity index (χ4v) is 8.31. The van der Waals surface area contributed by atoms with Crippen LogP contribution in [0.3, 0.4) is 0 Å². The fraction of sp³-hybridized carbons (Fsp3) is 0.758. The van der Waals surface area contributed by atoms with Crippen molar-refractivity contribution in [2.24, 2.45) is 11.8 Å². The molecule has 0 aromatic carbocycles. The molecule has 240 valence electrons. The highest BCUT2D eigenvalue weighted by Gasteiger charge is 2.50. The van der Waals surface area contributed by atoms with Crippen molar-refractivity contribution in [2.75, 3.05) is 58.2 Å². The Morgan fingerprint density at radius 1 is 1.09 bits per heavy atom. The minimum atomic E-state index is -1.03. The number of alkyl halides is 1. The second kappa shape index (κ2) is 13.7. The maximum Gasteiger partial charge on any atom is 0.259 e. The zero-order valence-corrected chi connectivity index (χ0v) is 26.3. The number of ether oxygens (including phenoxy) is 1. The van der Waals surface area contributed by atoms with Crippen molar-refractivity contribution >= 4 is 17.4 Å². The van der Waals surface area contributed by atoms with E-state index in [-0.39, 0.29) is 35.3 Å². The third-order valence-electron chi connectivity index (χ3n) is 11.0. The number of aromatic nitrogens is 3. The molecule has 1 amide bonds. The van der Waals surface area contributed by atoms with Gasteiger partial charge < -0.3 is 20.3 Å². The monoisotopic (exact) mass is 609 g/mol. The van der Waals surface area contributed by atoms with Gasteiger partial charge in [0.2, 0.25) is 0 Å². The third kappa shape index (κ3) is 6.58. The topological polar surface area (TPSA) is 122 Å². The summed E-state index contributed by atoms with van der Waals surface area (Å²) < 4.78 is 24.4. The van der Waals surface area contributed by atoms with Crippen LogP contribution < -0.4 is 11.1 Å². The standard InChI is InChI=1S/C33H49FN8O2/c1-23(16-35)25-17-37-32-29(31(36)39-41(32)18-25)33(43)38-28-20-42(14-8-6-4-2-3-5-7-9-15-42)19-27(34)30(28)40-12-10-24(11-13-40)26-21-44-22-26/h17-18,23-24,26-28,30H,2-15,19-22H2,1H3,(H2-,36,38,39,43)/p+1. The first-order valence-corrected chi connectivity index (χ1v) is 17.0. The first-order chi connectivity index (χ1) is 21.4. The number of carbonyl (C=O) groups excluding carboxylic acids is 1. The normalized spacial score (nSPS) is 28.5. The van der Waals surface area contributed by atoms with Crippen LogP contribution in [0.4, 0.5) is 10.2 Å². The molecule has 4 unspecified atom stereocenters. The van der Waals surface area contributed by atoms with E-state index in [1.54, 1.807) is 19.3 Å². The lowest BCUT2D eigenvalue weighted by Crippen LogP contribution is -2.72. The third-order valence-corrected chi connectivity index (χ3v) is 11.0. The summed E-state index contributed by atoms with van der Waals surface area (Å²) in [5.41, 5.74) is 7.57. The van der Waals surface area contributed by atoms with E-state index in [0.717, 1.165) is 76.1 Å². The van der Waals surface area contributed by atoms with Gasteiger partial charge in [0.15, 0.2) is 17.6 Å². The van der Waals surface area contributed by atoms with E-state index >= 15 is 4.39 Å². The summed E-state index contributed by atoms with van der Waals surface area (Å²) in [6.45, 7) is 8.36. The van der Waals surface area contributed by atoms with Crippen LogP contribution in [0.1, 0.15) is 93.0 Å². The van der Waals surface area contributed by atoms with Gasteiger partial charge in [-0.05, 0) is 64.5 Å². The van der Waals surface area contributed by atoms with Gasteiger partial charge >= 0.3 is 0 Å². The van der Waals surface area contributed by atoms with Gasteiger partial charge in [-0.3, -0.25) is 9.69 Å². The number of anilines is 1. The zero-order valence-electron chi connectivity index (χ0n) is 26.3. The summed E-state index contributed by atoms with van der Waals surface area (Å²) in [4.78, 5) is 20.9. The molecule has 4 aliphatic heterocycles. The number of nitriles is 1. The van der Waals surface area contributed by atoms with Gasteiger partial charge in [-0.15, -0.1) is 5.10 Å². The number of carbonyl (C=O) groups is 1. The first kappa shape index (κ1) is 31.2. The van der Waals surface area contributed by atoms with Crippen molar-refractivity contribution in [3.05, 3.63) is 23.5 Å². The molecule has 3 N–H and O–H groups in total. The number of amides is 1. The molecule has 1 spiro atoms. The van der Waals surface area contributed by atoms with Crippen molar-refractivity contribution < 1.29 is 18.4 Å². The lowest BCUT2D eigenvalue weighted by Gasteiger charge is -2.52. The number of fused-ring (bicyclic) bond motifs is 1. The number of piperidine rings is 2. The number of hydrogen-bond acceptors (Lipinski definition) is 7. The van der Waals surface area contributed by atoms with E-state index in [0.29, 0.717) is 29.6 Å². The lowest BCUT2D eigenvalue weighted by molar-refractivity contribution is -0.936. The van der Waals surface area contributed by atoms with Crippen molar-refractivity contribution in [2.45, 2.75) is 95.3 Å². The zero-order chi connectivity index (χ0) is 30.7. The molecule has 0 saturated carbocycles. The van der Waals surface area contributed by atoms with E-state index in [1.165, 1.54) is 43.0 Å². The van der Waals surface area contributed by atoms with E-state index in [1.807, 2.05) is 0 Å². The molecule has 11 heteroatoms. The molecule has 6 rings (SSSR count). The fourth-order valence-electron chi connectivity index (χ4n) is 8.31. The highest BCUT2D eigenvalue weighted by molar-refractivity contribution is 6.04. The molecule has 2 aromatic rings. The van der Waals surface area contributed by atoms with E-state index in [4.69, 9.17) is 10.5 Å². The second-order valence-electron chi connectivity index (χ2n) is 14.0. The molecule has 4 fully saturated rings. The Bertz CT molecular complexity index is 1320. The van der Waals surface area contributed by atoms with Gasteiger partial charge in [0.25, 0.3) is 5.91 Å². The molecule has 4 saturated heterocycles. The summed E-state index contributed by atoms with van der Waals surface area (Å²) >= 11 is 0. The largest absolute Gasteiger partial charge is 0.381 e. The van der Waals surface area contributed by atoms with Crippen LogP contribution in [-0.4, -0.2) is 101 Å². The predicted molar refractivity (Wildman–Crippen MR) is 167 cm³/mol. The Morgan fingerprint density at radius 3 is 2.36 bits per heavy atom. The van der Waals surface area contributed by atoms with Gasteiger partial charge in [0.1, 0.15) is 18.7 Å². The van der Waals surface area contributed by atoms with Crippen LogP contribution in [-0.2, 0) is 4.74 Å². The maximum absolute atomic E-state index is 16.7. The number of nitrogens with zero attached hydrogens (tertiary/aromatic N) is 6. The number of nitrogen functional groups attached to an aromatic ring is 1. The summed E-state index contributed by atoms with van der Waals surface area (Å²) in [6.07, 6.45) is 14.0. The van der Waals surface area contributed by atoms with E-state index in [9.17, 15) is 10.1 Å². The van der Waals surface area contributed by atoms with Gasteiger partial charge in [0.05, 0.1) is 50.4 Å². The van der Waals surface area contributed by atoms with Crippen LogP contribution >= 0.6 is 0 Å². The molecular formula is C33H50FN8O2+. The second-order valence-corrected chi connectivity index (χ2v) is 14.0. The number of likely N-dealkylation sites (tertiary alicyclic amines) is 1. The van der Waals surface area contributed by atoms with Crippen molar-refractivity contribution in [1.29, 1.82) is 5.26 Å². The molecule has 10 nitrogen and oxygen atoms in total. The average molecular weight is 610 g/mol. The van der Waals surface area contributed by atoms with Crippen molar-refractivity contribution in [1.82, 2.24) is 24.8 Å². The van der Waals surface area contributed by atoms with Crippen LogP contribution in [0.5, 0.6) is 0 Å². The molecule has 4 aliphatic rings. The Labute approximate surface area is 260 Å². The lowest BCUT2D eigenvalue weighted by atomic mass is 9.81. The minimum absolute atomic E-state index is 0.0867. The van der Waals surface area contributed by atoms with E-state index < -0.39 is 6.17 Å². The average Bonchev–Trinajstić information content (AvgIpc) is 3.29.